The standard InChI is InChI=1S/C34H39FN8O5/c1-23(42(29-13-12-26(47-2)22-30(29)48-3)33(45)37-25-10-8-24(35)9-11-25)31-38-28-7-5-4-6-27(28)32(44)43(31)41-20-18-40(19-21-41)34(46)39-16-14-36-15-17-39/h4-13,22-23,36H,14-21H2,1-3H3,(H,37,45). The van der Waals surface area contributed by atoms with Crippen molar-refractivity contribution in [3.8, 4) is 11.5 Å². The molecule has 4 amide bonds. The molecular weight excluding hydrogens is 619 g/mol. The van der Waals surface area contributed by atoms with Crippen LogP contribution in [0.1, 0.15) is 18.8 Å². The molecule has 0 aliphatic carbocycles. The zero-order valence-electron chi connectivity index (χ0n) is 27.2. The third-order valence-electron chi connectivity index (χ3n) is 8.70. The number of benzene rings is 3. The first-order valence-electron chi connectivity index (χ1n) is 15.9. The van der Waals surface area contributed by atoms with Gasteiger partial charge >= 0.3 is 12.1 Å². The fraction of sp³-hybridized carbons (Fsp3) is 0.353. The van der Waals surface area contributed by atoms with Gasteiger partial charge in [0.05, 0.1) is 49.9 Å². The molecule has 2 aliphatic rings. The number of amides is 4. The van der Waals surface area contributed by atoms with Crippen LogP contribution in [0.4, 0.5) is 25.4 Å². The second kappa shape index (κ2) is 14.2. The lowest BCUT2D eigenvalue weighted by molar-refractivity contribution is 0.141. The van der Waals surface area contributed by atoms with Crippen molar-refractivity contribution < 1.29 is 23.5 Å². The highest BCUT2D eigenvalue weighted by molar-refractivity contribution is 6.03. The summed E-state index contributed by atoms with van der Waals surface area (Å²) in [4.78, 5) is 51.8. The molecule has 1 aromatic heterocycles. The van der Waals surface area contributed by atoms with Gasteiger partial charge in [0.1, 0.15) is 17.3 Å². The summed E-state index contributed by atoms with van der Waals surface area (Å²) in [7, 11) is 3.02. The SMILES string of the molecule is COc1ccc(N(C(=O)Nc2ccc(F)cc2)C(C)c2nc3ccccc3c(=O)n2N2CCN(C(=O)N3CCNCC3)CC2)c(OC)c1. The minimum absolute atomic E-state index is 0.0102. The summed E-state index contributed by atoms with van der Waals surface area (Å²) < 4.78 is 26.3. The highest BCUT2D eigenvalue weighted by Gasteiger charge is 2.33. The summed E-state index contributed by atoms with van der Waals surface area (Å²) >= 11 is 0. The Bertz CT molecular complexity index is 1840. The number of nitrogens with zero attached hydrogens (tertiary/aromatic N) is 6. The van der Waals surface area contributed by atoms with Gasteiger partial charge < -0.3 is 34.9 Å². The number of carbonyl (C=O) groups excluding carboxylic acids is 2. The number of urea groups is 2. The van der Waals surface area contributed by atoms with Gasteiger partial charge in [-0.05, 0) is 55.5 Å². The first kappa shape index (κ1) is 32.6. The lowest BCUT2D eigenvalue weighted by atomic mass is 10.1. The average molecular weight is 659 g/mol. The van der Waals surface area contributed by atoms with Crippen molar-refractivity contribution in [2.24, 2.45) is 0 Å². The molecular formula is C34H39FN8O5. The Morgan fingerprint density at radius 2 is 1.60 bits per heavy atom. The van der Waals surface area contributed by atoms with E-state index in [-0.39, 0.29) is 11.6 Å². The summed E-state index contributed by atoms with van der Waals surface area (Å²) in [6, 6.07) is 16.2. The monoisotopic (exact) mass is 658 g/mol. The molecule has 2 N–H and O–H groups in total. The van der Waals surface area contributed by atoms with E-state index in [1.165, 1.54) is 48.1 Å². The van der Waals surface area contributed by atoms with E-state index in [2.05, 4.69) is 10.6 Å². The Kier molecular flexibility index (Phi) is 9.62. The molecule has 0 saturated carbocycles. The van der Waals surface area contributed by atoms with Crippen LogP contribution in [0.5, 0.6) is 11.5 Å². The molecule has 14 heteroatoms. The Labute approximate surface area is 277 Å². The highest BCUT2D eigenvalue weighted by atomic mass is 19.1. The van der Waals surface area contributed by atoms with E-state index in [0.29, 0.717) is 78.9 Å². The number of halogens is 1. The number of anilines is 2. The van der Waals surface area contributed by atoms with Gasteiger partial charge in [-0.25, -0.2) is 23.6 Å². The van der Waals surface area contributed by atoms with Crippen LogP contribution in [0.2, 0.25) is 0 Å². The van der Waals surface area contributed by atoms with Crippen LogP contribution in [-0.2, 0) is 0 Å². The maximum Gasteiger partial charge on any atom is 0.327 e. The van der Waals surface area contributed by atoms with Gasteiger partial charge in [-0.3, -0.25) is 9.69 Å². The molecule has 6 rings (SSSR count). The van der Waals surface area contributed by atoms with Crippen molar-refractivity contribution in [2.75, 3.05) is 81.8 Å². The fourth-order valence-electron chi connectivity index (χ4n) is 6.14. The van der Waals surface area contributed by atoms with Crippen molar-refractivity contribution in [2.45, 2.75) is 13.0 Å². The maximum absolute atomic E-state index is 14.3. The van der Waals surface area contributed by atoms with E-state index in [0.717, 1.165) is 13.1 Å². The van der Waals surface area contributed by atoms with Crippen LogP contribution < -0.4 is 35.6 Å². The highest BCUT2D eigenvalue weighted by Crippen LogP contribution is 2.37. The lowest BCUT2D eigenvalue weighted by Gasteiger charge is -2.41. The van der Waals surface area contributed by atoms with E-state index in [4.69, 9.17) is 14.5 Å². The average Bonchev–Trinajstić information content (AvgIpc) is 3.13. The predicted molar refractivity (Wildman–Crippen MR) is 181 cm³/mol. The number of aromatic nitrogens is 2. The third kappa shape index (κ3) is 6.56. The Hall–Kier alpha value is -5.37. The van der Waals surface area contributed by atoms with E-state index >= 15 is 0 Å². The van der Waals surface area contributed by atoms with Crippen molar-refractivity contribution in [3.63, 3.8) is 0 Å². The van der Waals surface area contributed by atoms with E-state index in [9.17, 15) is 18.8 Å². The lowest BCUT2D eigenvalue weighted by Crippen LogP contribution is -2.60. The van der Waals surface area contributed by atoms with Gasteiger partial charge in [-0.15, -0.1) is 0 Å². The molecule has 3 heterocycles. The van der Waals surface area contributed by atoms with Crippen molar-refractivity contribution >= 4 is 34.3 Å². The number of ether oxygens (including phenoxy) is 2. The molecule has 0 spiro atoms. The van der Waals surface area contributed by atoms with Gasteiger partial charge in [0.2, 0.25) is 0 Å². The van der Waals surface area contributed by atoms with Crippen molar-refractivity contribution in [1.82, 2.24) is 24.8 Å². The Balaban J connectivity index is 1.40. The third-order valence-corrected chi connectivity index (χ3v) is 8.70. The Morgan fingerprint density at radius 1 is 0.917 bits per heavy atom. The molecule has 0 radical (unpaired) electrons. The quantitative estimate of drug-likeness (QED) is 0.309. The molecule has 1 atom stereocenters. The van der Waals surface area contributed by atoms with Gasteiger partial charge in [0.15, 0.2) is 5.82 Å². The largest absolute Gasteiger partial charge is 0.497 e. The molecule has 3 aromatic carbocycles. The number of carbonyl (C=O) groups is 2. The van der Waals surface area contributed by atoms with Gasteiger partial charge in [-0.1, -0.05) is 12.1 Å². The maximum atomic E-state index is 14.3. The summed E-state index contributed by atoms with van der Waals surface area (Å²) in [5, 5.41) is 8.43. The summed E-state index contributed by atoms with van der Waals surface area (Å²) in [6.07, 6.45) is 0. The molecule has 4 aromatic rings. The molecule has 2 saturated heterocycles. The number of methoxy groups -OCH3 is 2. The van der Waals surface area contributed by atoms with Crippen LogP contribution in [0.15, 0.2) is 71.5 Å². The molecule has 13 nitrogen and oxygen atoms in total. The zero-order chi connectivity index (χ0) is 33.8. The minimum Gasteiger partial charge on any atom is -0.497 e. The minimum atomic E-state index is -0.828. The number of fused-ring (bicyclic) bond motifs is 1. The first-order chi connectivity index (χ1) is 23.3. The number of hydrogen-bond donors (Lipinski definition) is 2. The molecule has 252 valence electrons. The number of rotatable bonds is 7. The predicted octanol–water partition coefficient (Wildman–Crippen LogP) is 3.63. The number of para-hydroxylation sites is 1. The van der Waals surface area contributed by atoms with Crippen LogP contribution in [0, 0.1) is 5.82 Å². The second-order valence-electron chi connectivity index (χ2n) is 11.6. The summed E-state index contributed by atoms with van der Waals surface area (Å²) in [6.45, 7) is 6.19. The van der Waals surface area contributed by atoms with Crippen molar-refractivity contribution in [3.05, 3.63) is 88.7 Å². The van der Waals surface area contributed by atoms with Crippen LogP contribution in [0.25, 0.3) is 10.9 Å². The van der Waals surface area contributed by atoms with Gasteiger partial charge in [0, 0.05) is 51.0 Å². The topological polar surface area (TPSA) is 125 Å². The fourth-order valence-corrected chi connectivity index (χ4v) is 6.14. The zero-order valence-corrected chi connectivity index (χ0v) is 27.2. The molecule has 2 aliphatic heterocycles. The number of piperazine rings is 2. The molecule has 2 fully saturated rings. The Morgan fingerprint density at radius 3 is 2.29 bits per heavy atom. The van der Waals surface area contributed by atoms with Crippen molar-refractivity contribution in [1.29, 1.82) is 0 Å². The van der Waals surface area contributed by atoms with Crippen LogP contribution in [-0.4, -0.2) is 98.1 Å². The van der Waals surface area contributed by atoms with E-state index < -0.39 is 17.9 Å². The van der Waals surface area contributed by atoms with Crippen LogP contribution in [0.3, 0.4) is 0 Å². The van der Waals surface area contributed by atoms with E-state index in [1.807, 2.05) is 14.8 Å². The van der Waals surface area contributed by atoms with E-state index in [1.54, 1.807) is 49.4 Å². The molecule has 1 unspecified atom stereocenters. The number of nitrogens with one attached hydrogen (secondary N) is 2. The normalized spacial score (nSPS) is 15.6. The summed E-state index contributed by atoms with van der Waals surface area (Å²) in [5.74, 6) is 0.753. The smallest absolute Gasteiger partial charge is 0.327 e. The first-order valence-corrected chi connectivity index (χ1v) is 15.9. The molecule has 0 bridgehead atoms. The van der Waals surface area contributed by atoms with Crippen LogP contribution >= 0.6 is 0 Å². The van der Waals surface area contributed by atoms with Gasteiger partial charge in [0.25, 0.3) is 5.56 Å². The number of hydrogen-bond acceptors (Lipinski definition) is 8. The second-order valence-corrected chi connectivity index (χ2v) is 11.6. The summed E-state index contributed by atoms with van der Waals surface area (Å²) in [5.41, 5.74) is 0.963. The molecule has 48 heavy (non-hydrogen) atoms. The van der Waals surface area contributed by atoms with Gasteiger partial charge in [-0.2, -0.15) is 0 Å².